The molecule has 19 heavy (non-hydrogen) atoms. The molecule has 0 saturated heterocycles. The molecule has 0 unspecified atom stereocenters. The summed E-state index contributed by atoms with van der Waals surface area (Å²) in [5, 5.41) is 6.79. The average Bonchev–Trinajstić information content (AvgIpc) is 2.97. The molecule has 0 fully saturated rings. The maximum absolute atomic E-state index is 5.90. The van der Waals surface area contributed by atoms with Crippen molar-refractivity contribution in [1.29, 1.82) is 0 Å². The summed E-state index contributed by atoms with van der Waals surface area (Å²) in [6.07, 6.45) is 0. The highest BCUT2D eigenvalue weighted by atomic mass is 127. The Bertz CT molecular complexity index is 721. The number of nitrogens with two attached hydrogens (primary N) is 1. The Morgan fingerprint density at radius 1 is 1.21 bits per heavy atom. The predicted molar refractivity (Wildman–Crippen MR) is 87.4 cm³/mol. The molecule has 0 spiro atoms. The van der Waals surface area contributed by atoms with Gasteiger partial charge in [0.25, 0.3) is 0 Å². The van der Waals surface area contributed by atoms with E-state index in [9.17, 15) is 0 Å². The molecule has 2 heterocycles. The van der Waals surface area contributed by atoms with Crippen LogP contribution in [0.1, 0.15) is 0 Å². The van der Waals surface area contributed by atoms with Crippen molar-refractivity contribution in [2.45, 2.75) is 0 Å². The molecule has 2 N–H and O–H groups in total. The van der Waals surface area contributed by atoms with Gasteiger partial charge in [0.05, 0.1) is 8.45 Å². The lowest BCUT2D eigenvalue weighted by Gasteiger charge is -2.01. The van der Waals surface area contributed by atoms with Gasteiger partial charge in [-0.1, -0.05) is 28.9 Å². The monoisotopic (exact) mass is 402 g/mol. The third-order valence-electron chi connectivity index (χ3n) is 2.69. The lowest BCUT2D eigenvalue weighted by Crippen LogP contribution is -1.86. The maximum atomic E-state index is 5.90. The molecule has 96 valence electrons. The fourth-order valence-corrected chi connectivity index (χ4v) is 3.29. The molecule has 0 bridgehead atoms. The van der Waals surface area contributed by atoms with Gasteiger partial charge in [0, 0.05) is 16.0 Å². The molecule has 1 aromatic carbocycles. The second kappa shape index (κ2) is 5.15. The van der Waals surface area contributed by atoms with Crippen molar-refractivity contribution in [2.75, 3.05) is 5.73 Å². The minimum absolute atomic E-state index is 0.318. The molecular weight excluding hydrogens is 395 g/mol. The summed E-state index contributed by atoms with van der Waals surface area (Å²) in [5.41, 5.74) is 9.43. The molecule has 6 heteroatoms. The van der Waals surface area contributed by atoms with Gasteiger partial charge in [0.1, 0.15) is 5.69 Å². The van der Waals surface area contributed by atoms with Gasteiger partial charge in [0.2, 0.25) is 5.88 Å². The van der Waals surface area contributed by atoms with Gasteiger partial charge >= 0.3 is 0 Å². The predicted octanol–water partition coefficient (Wildman–Crippen LogP) is 4.91. The first kappa shape index (κ1) is 13.0. The topological polar surface area (TPSA) is 52.0 Å². The fraction of sp³-hybridized carbons (Fsp3) is 0. The van der Waals surface area contributed by atoms with E-state index in [-0.39, 0.29) is 0 Å². The van der Waals surface area contributed by atoms with E-state index in [0.29, 0.717) is 10.9 Å². The SMILES string of the molecule is Nc1onc(-c2csc(I)c2)c1-c1ccc(Cl)cc1. The normalized spacial score (nSPS) is 10.8. The number of hydrogen-bond acceptors (Lipinski definition) is 4. The van der Waals surface area contributed by atoms with Gasteiger partial charge in [-0.2, -0.15) is 0 Å². The van der Waals surface area contributed by atoms with Gasteiger partial charge < -0.3 is 10.3 Å². The number of halogens is 2. The molecule has 3 rings (SSSR count). The van der Waals surface area contributed by atoms with Gasteiger partial charge in [-0.05, 0) is 46.4 Å². The van der Waals surface area contributed by atoms with E-state index >= 15 is 0 Å². The molecule has 0 aliphatic rings. The second-order valence-corrected chi connectivity index (χ2v) is 7.16. The van der Waals surface area contributed by atoms with Crippen molar-refractivity contribution in [1.82, 2.24) is 5.16 Å². The second-order valence-electron chi connectivity index (χ2n) is 3.92. The van der Waals surface area contributed by atoms with Crippen LogP contribution in [-0.4, -0.2) is 5.16 Å². The van der Waals surface area contributed by atoms with Crippen LogP contribution in [0.25, 0.3) is 22.4 Å². The van der Waals surface area contributed by atoms with Gasteiger partial charge in [-0.3, -0.25) is 0 Å². The van der Waals surface area contributed by atoms with Crippen LogP contribution >= 0.6 is 45.5 Å². The number of aromatic nitrogens is 1. The summed E-state index contributed by atoms with van der Waals surface area (Å²) >= 11 is 9.84. The summed E-state index contributed by atoms with van der Waals surface area (Å²) in [6.45, 7) is 0. The minimum Gasteiger partial charge on any atom is -0.367 e. The number of benzene rings is 1. The third-order valence-corrected chi connectivity index (χ3v) is 4.73. The van der Waals surface area contributed by atoms with Gasteiger partial charge in [-0.25, -0.2) is 0 Å². The summed E-state index contributed by atoms with van der Waals surface area (Å²) in [6, 6.07) is 9.52. The quantitative estimate of drug-likeness (QED) is 0.620. The zero-order valence-corrected chi connectivity index (χ0v) is 13.3. The molecule has 0 aliphatic heterocycles. The van der Waals surface area contributed by atoms with Crippen LogP contribution in [0.3, 0.4) is 0 Å². The molecule has 0 radical (unpaired) electrons. The zero-order chi connectivity index (χ0) is 13.4. The first-order chi connectivity index (χ1) is 9.15. The summed E-state index contributed by atoms with van der Waals surface area (Å²) in [5.74, 6) is 0.318. The van der Waals surface area contributed by atoms with Crippen molar-refractivity contribution in [2.24, 2.45) is 0 Å². The highest BCUT2D eigenvalue weighted by Crippen LogP contribution is 2.38. The summed E-state index contributed by atoms with van der Waals surface area (Å²) in [4.78, 5) is 0. The van der Waals surface area contributed by atoms with Gasteiger partial charge in [0.15, 0.2) is 0 Å². The Morgan fingerprint density at radius 2 is 1.95 bits per heavy atom. The molecule has 0 aliphatic carbocycles. The van der Waals surface area contributed by atoms with Crippen molar-refractivity contribution >= 4 is 51.4 Å². The Hall–Kier alpha value is -1.05. The van der Waals surface area contributed by atoms with Crippen LogP contribution in [0, 0.1) is 2.88 Å². The summed E-state index contributed by atoms with van der Waals surface area (Å²) < 4.78 is 6.33. The molecular formula is C13H8ClIN2OS. The fourth-order valence-electron chi connectivity index (χ4n) is 1.83. The molecule has 3 aromatic rings. The third kappa shape index (κ3) is 2.50. The van der Waals surface area contributed by atoms with Crippen LogP contribution < -0.4 is 5.73 Å². The smallest absolute Gasteiger partial charge is 0.230 e. The Labute approximate surface area is 132 Å². The molecule has 0 atom stereocenters. The minimum atomic E-state index is 0.318. The van der Waals surface area contributed by atoms with E-state index in [1.165, 1.54) is 2.88 Å². The largest absolute Gasteiger partial charge is 0.367 e. The lowest BCUT2D eigenvalue weighted by atomic mass is 10.0. The van der Waals surface area contributed by atoms with E-state index < -0.39 is 0 Å². The van der Waals surface area contributed by atoms with E-state index in [0.717, 1.165) is 22.4 Å². The van der Waals surface area contributed by atoms with E-state index in [1.807, 2.05) is 29.6 Å². The van der Waals surface area contributed by atoms with Crippen LogP contribution in [-0.2, 0) is 0 Å². The molecule has 3 nitrogen and oxygen atoms in total. The van der Waals surface area contributed by atoms with Crippen LogP contribution in [0.5, 0.6) is 0 Å². The van der Waals surface area contributed by atoms with Crippen LogP contribution in [0.4, 0.5) is 5.88 Å². The molecule has 2 aromatic heterocycles. The number of hydrogen-bond donors (Lipinski definition) is 1. The maximum Gasteiger partial charge on any atom is 0.230 e. The molecule has 0 amide bonds. The van der Waals surface area contributed by atoms with Crippen molar-refractivity contribution in [3.05, 3.63) is 43.6 Å². The number of rotatable bonds is 2. The van der Waals surface area contributed by atoms with Crippen molar-refractivity contribution in [3.8, 4) is 22.4 Å². The van der Waals surface area contributed by atoms with Crippen LogP contribution in [0.2, 0.25) is 5.02 Å². The number of nitrogens with zero attached hydrogens (tertiary/aromatic N) is 1. The van der Waals surface area contributed by atoms with E-state index in [1.54, 1.807) is 11.3 Å². The zero-order valence-electron chi connectivity index (χ0n) is 9.56. The number of thiophene rings is 1. The number of anilines is 1. The lowest BCUT2D eigenvalue weighted by molar-refractivity contribution is 0.439. The Morgan fingerprint density at radius 3 is 2.58 bits per heavy atom. The highest BCUT2D eigenvalue weighted by Gasteiger charge is 2.18. The van der Waals surface area contributed by atoms with E-state index in [4.69, 9.17) is 21.9 Å². The van der Waals surface area contributed by atoms with E-state index in [2.05, 4.69) is 33.8 Å². The van der Waals surface area contributed by atoms with Gasteiger partial charge in [-0.15, -0.1) is 11.3 Å². The first-order valence-corrected chi connectivity index (χ1v) is 7.74. The van der Waals surface area contributed by atoms with Crippen molar-refractivity contribution < 1.29 is 4.52 Å². The standard InChI is InChI=1S/C13H8ClIN2OS/c14-9-3-1-7(2-4-9)11-12(17-18-13(11)16)8-5-10(15)19-6-8/h1-6H,16H2. The number of nitrogen functional groups attached to an aromatic ring is 1. The Balaban J connectivity index is 2.16. The first-order valence-electron chi connectivity index (χ1n) is 5.40. The highest BCUT2D eigenvalue weighted by molar-refractivity contribution is 14.1. The summed E-state index contributed by atoms with van der Waals surface area (Å²) in [7, 11) is 0. The van der Waals surface area contributed by atoms with Crippen molar-refractivity contribution in [3.63, 3.8) is 0 Å². The Kier molecular flexibility index (Phi) is 3.51. The van der Waals surface area contributed by atoms with Crippen LogP contribution in [0.15, 0.2) is 40.2 Å². The molecule has 0 saturated carbocycles. The average molecular weight is 403 g/mol.